The van der Waals surface area contributed by atoms with Crippen LogP contribution in [0.15, 0.2) is 10.8 Å². The molecule has 0 radical (unpaired) electrons. The molecule has 4 nitrogen and oxygen atoms in total. The molecular weight excluding hydrogens is 216 g/mol. The maximum Gasteiger partial charge on any atom is 0.276 e. The van der Waals surface area contributed by atoms with Gasteiger partial charge >= 0.3 is 0 Å². The zero-order valence-electron chi connectivity index (χ0n) is 11.4. The van der Waals surface area contributed by atoms with Crippen molar-refractivity contribution in [3.05, 3.63) is 17.8 Å². The van der Waals surface area contributed by atoms with Crippen LogP contribution in [0, 0.1) is 5.92 Å². The summed E-state index contributed by atoms with van der Waals surface area (Å²) in [6.45, 7) is 11.6. The Bertz CT molecular complexity index is 369. The zero-order valence-corrected chi connectivity index (χ0v) is 11.4. The number of aromatic nitrogens is 1. The van der Waals surface area contributed by atoms with E-state index in [0.717, 1.165) is 6.54 Å². The van der Waals surface area contributed by atoms with Crippen LogP contribution >= 0.6 is 0 Å². The molecule has 0 unspecified atom stereocenters. The van der Waals surface area contributed by atoms with Crippen molar-refractivity contribution >= 4 is 5.91 Å². The van der Waals surface area contributed by atoms with E-state index >= 15 is 0 Å². The van der Waals surface area contributed by atoms with Crippen LogP contribution in [0.5, 0.6) is 0 Å². The molecule has 0 aliphatic rings. The summed E-state index contributed by atoms with van der Waals surface area (Å²) in [6.07, 6.45) is 1.35. The second kappa shape index (κ2) is 5.84. The first-order valence-electron chi connectivity index (χ1n) is 6.20. The molecule has 4 heteroatoms. The maximum absolute atomic E-state index is 12.3. The predicted molar refractivity (Wildman–Crippen MR) is 67.0 cm³/mol. The summed E-state index contributed by atoms with van der Waals surface area (Å²) in [7, 11) is 0. The third kappa shape index (κ3) is 3.32. The molecule has 1 aromatic heterocycles. The molecule has 0 saturated heterocycles. The Morgan fingerprint density at radius 2 is 2.06 bits per heavy atom. The van der Waals surface area contributed by atoms with Crippen molar-refractivity contribution in [3.63, 3.8) is 0 Å². The Labute approximate surface area is 103 Å². The van der Waals surface area contributed by atoms with Gasteiger partial charge in [0, 0.05) is 19.0 Å². The van der Waals surface area contributed by atoms with Gasteiger partial charge in [0.2, 0.25) is 0 Å². The topological polar surface area (TPSA) is 46.3 Å². The lowest BCUT2D eigenvalue weighted by Gasteiger charge is -2.22. The molecule has 0 fully saturated rings. The lowest BCUT2D eigenvalue weighted by molar-refractivity contribution is 0.0737. The van der Waals surface area contributed by atoms with Gasteiger partial charge in [0.1, 0.15) is 5.76 Å². The van der Waals surface area contributed by atoms with Crippen LogP contribution in [0.25, 0.3) is 0 Å². The minimum absolute atomic E-state index is 0.0290. The van der Waals surface area contributed by atoms with E-state index in [0.29, 0.717) is 23.9 Å². The number of carbonyl (C=O) groups is 1. The van der Waals surface area contributed by atoms with E-state index in [1.165, 1.54) is 6.39 Å². The van der Waals surface area contributed by atoms with Crippen molar-refractivity contribution in [2.75, 3.05) is 13.1 Å². The molecule has 0 bridgehead atoms. The molecule has 1 amide bonds. The summed E-state index contributed by atoms with van der Waals surface area (Å²) < 4.78 is 5.29. The van der Waals surface area contributed by atoms with Crippen LogP contribution < -0.4 is 0 Å². The van der Waals surface area contributed by atoms with E-state index in [-0.39, 0.29) is 11.8 Å². The Balaban J connectivity index is 2.90. The highest BCUT2D eigenvalue weighted by Crippen LogP contribution is 2.20. The van der Waals surface area contributed by atoms with E-state index in [1.807, 2.05) is 25.7 Å². The Morgan fingerprint density at radius 1 is 1.41 bits per heavy atom. The molecule has 17 heavy (non-hydrogen) atoms. The largest absolute Gasteiger partial charge is 0.447 e. The quantitative estimate of drug-likeness (QED) is 0.792. The SMILES string of the molecule is CCN(CC(C)C)C(=O)c1ncoc1C(C)C. The molecule has 1 aromatic rings. The zero-order chi connectivity index (χ0) is 13.0. The molecule has 0 saturated carbocycles. The normalized spacial score (nSPS) is 11.2. The van der Waals surface area contributed by atoms with Gasteiger partial charge in [0.15, 0.2) is 12.1 Å². The van der Waals surface area contributed by atoms with Crippen LogP contribution in [0.1, 0.15) is 56.8 Å². The van der Waals surface area contributed by atoms with Crippen molar-refractivity contribution in [2.45, 2.75) is 40.5 Å². The third-order valence-electron chi connectivity index (χ3n) is 2.58. The fourth-order valence-corrected chi connectivity index (χ4v) is 1.77. The van der Waals surface area contributed by atoms with E-state index in [2.05, 4.69) is 18.8 Å². The van der Waals surface area contributed by atoms with Gasteiger partial charge in [-0.1, -0.05) is 27.7 Å². The van der Waals surface area contributed by atoms with Crippen LogP contribution in [0.4, 0.5) is 0 Å². The van der Waals surface area contributed by atoms with Gasteiger partial charge in [-0.3, -0.25) is 4.79 Å². The molecule has 1 heterocycles. The number of nitrogens with zero attached hydrogens (tertiary/aromatic N) is 2. The van der Waals surface area contributed by atoms with E-state index in [9.17, 15) is 4.79 Å². The highest BCUT2D eigenvalue weighted by Gasteiger charge is 2.23. The average Bonchev–Trinajstić information content (AvgIpc) is 2.73. The fraction of sp³-hybridized carbons (Fsp3) is 0.692. The van der Waals surface area contributed by atoms with Gasteiger partial charge in [-0.2, -0.15) is 0 Å². The molecule has 1 rings (SSSR count). The van der Waals surface area contributed by atoms with Crippen LogP contribution in [0.3, 0.4) is 0 Å². The highest BCUT2D eigenvalue weighted by molar-refractivity contribution is 5.93. The predicted octanol–water partition coefficient (Wildman–Crippen LogP) is 2.92. The lowest BCUT2D eigenvalue weighted by atomic mass is 10.1. The Kier molecular flexibility index (Phi) is 4.73. The second-order valence-corrected chi connectivity index (χ2v) is 4.96. The van der Waals surface area contributed by atoms with Crippen molar-refractivity contribution in [2.24, 2.45) is 5.92 Å². The Hall–Kier alpha value is -1.32. The van der Waals surface area contributed by atoms with Gasteiger partial charge in [-0.15, -0.1) is 0 Å². The maximum atomic E-state index is 12.3. The molecule has 0 N–H and O–H groups in total. The first kappa shape index (κ1) is 13.7. The summed E-state index contributed by atoms with van der Waals surface area (Å²) in [5.41, 5.74) is 0.461. The van der Waals surface area contributed by atoms with E-state index in [1.54, 1.807) is 0 Å². The molecule has 0 atom stereocenters. The summed E-state index contributed by atoms with van der Waals surface area (Å²) in [5.74, 6) is 1.28. The second-order valence-electron chi connectivity index (χ2n) is 4.96. The molecule has 0 aliphatic carbocycles. The van der Waals surface area contributed by atoms with Crippen LogP contribution in [0.2, 0.25) is 0 Å². The number of hydrogen-bond acceptors (Lipinski definition) is 3. The van der Waals surface area contributed by atoms with Crippen LogP contribution in [-0.4, -0.2) is 28.9 Å². The average molecular weight is 238 g/mol. The van der Waals surface area contributed by atoms with Crippen LogP contribution in [-0.2, 0) is 0 Å². The first-order valence-corrected chi connectivity index (χ1v) is 6.20. The smallest absolute Gasteiger partial charge is 0.276 e. The number of oxazole rings is 1. The van der Waals surface area contributed by atoms with Gasteiger partial charge in [0.05, 0.1) is 0 Å². The Morgan fingerprint density at radius 3 is 2.53 bits per heavy atom. The standard InChI is InChI=1S/C13H22N2O2/c1-6-15(7-9(2)3)13(16)11-12(10(4)5)17-8-14-11/h8-10H,6-7H2,1-5H3. The molecule has 96 valence electrons. The summed E-state index contributed by atoms with van der Waals surface area (Å²) in [4.78, 5) is 18.2. The number of amides is 1. The van der Waals surface area contributed by atoms with Gasteiger partial charge in [-0.25, -0.2) is 4.98 Å². The molecular formula is C13H22N2O2. The van der Waals surface area contributed by atoms with Crippen molar-refractivity contribution < 1.29 is 9.21 Å². The minimum Gasteiger partial charge on any atom is -0.447 e. The number of rotatable bonds is 5. The molecule has 0 aliphatic heterocycles. The van der Waals surface area contributed by atoms with E-state index in [4.69, 9.17) is 4.42 Å². The third-order valence-corrected chi connectivity index (χ3v) is 2.58. The van der Waals surface area contributed by atoms with Gasteiger partial charge < -0.3 is 9.32 Å². The lowest BCUT2D eigenvalue weighted by Crippen LogP contribution is -2.34. The van der Waals surface area contributed by atoms with Crippen molar-refractivity contribution in [3.8, 4) is 0 Å². The van der Waals surface area contributed by atoms with Crippen molar-refractivity contribution in [1.82, 2.24) is 9.88 Å². The number of carbonyl (C=O) groups excluding carboxylic acids is 1. The van der Waals surface area contributed by atoms with Crippen molar-refractivity contribution in [1.29, 1.82) is 0 Å². The molecule has 0 spiro atoms. The van der Waals surface area contributed by atoms with Gasteiger partial charge in [0.25, 0.3) is 5.91 Å². The number of hydrogen-bond donors (Lipinski definition) is 0. The fourth-order valence-electron chi connectivity index (χ4n) is 1.77. The summed E-state index contributed by atoms with van der Waals surface area (Å²) >= 11 is 0. The van der Waals surface area contributed by atoms with Gasteiger partial charge in [-0.05, 0) is 12.8 Å². The van der Waals surface area contributed by atoms with E-state index < -0.39 is 0 Å². The monoisotopic (exact) mass is 238 g/mol. The summed E-state index contributed by atoms with van der Waals surface area (Å²) in [6, 6.07) is 0. The minimum atomic E-state index is -0.0290. The summed E-state index contributed by atoms with van der Waals surface area (Å²) in [5, 5.41) is 0. The highest BCUT2D eigenvalue weighted by atomic mass is 16.3. The first-order chi connectivity index (χ1) is 7.97. The molecule has 0 aromatic carbocycles.